The molecule has 5 rings (SSSR count). The fourth-order valence-corrected chi connectivity index (χ4v) is 5.61. The predicted molar refractivity (Wildman–Crippen MR) is 132 cm³/mol. The van der Waals surface area contributed by atoms with Crippen molar-refractivity contribution < 1.29 is 0 Å². The molecular formula is C25H33N5S. The monoisotopic (exact) mass is 435 g/mol. The second-order valence-electron chi connectivity index (χ2n) is 8.16. The maximum Gasteiger partial charge on any atom is 0.0736 e. The van der Waals surface area contributed by atoms with E-state index in [4.69, 9.17) is 0 Å². The van der Waals surface area contributed by atoms with Crippen LogP contribution in [0.4, 0.5) is 11.4 Å². The average Bonchev–Trinajstić information content (AvgIpc) is 3.46. The Labute approximate surface area is 190 Å². The van der Waals surface area contributed by atoms with E-state index in [0.717, 1.165) is 45.7 Å². The van der Waals surface area contributed by atoms with Gasteiger partial charge in [-0.15, -0.1) is 11.3 Å². The lowest BCUT2D eigenvalue weighted by Crippen LogP contribution is -2.43. The topological polar surface area (TPSA) is 54.3 Å². The van der Waals surface area contributed by atoms with Crippen LogP contribution < -0.4 is 15.5 Å². The number of nitriles is 1. The van der Waals surface area contributed by atoms with Crippen LogP contribution in [0.5, 0.6) is 0 Å². The van der Waals surface area contributed by atoms with E-state index < -0.39 is 0 Å². The molecule has 0 saturated carbocycles. The Morgan fingerprint density at radius 2 is 1.81 bits per heavy atom. The molecule has 0 amide bonds. The van der Waals surface area contributed by atoms with Crippen LogP contribution in [0.2, 0.25) is 0 Å². The maximum absolute atomic E-state index is 9.33. The van der Waals surface area contributed by atoms with E-state index in [9.17, 15) is 5.26 Å². The molecule has 0 bridgehead atoms. The Hall–Kier alpha value is -2.49. The molecular weight excluding hydrogens is 402 g/mol. The van der Waals surface area contributed by atoms with E-state index in [-0.39, 0.29) is 12.0 Å². The molecule has 2 aromatic rings. The Kier molecular flexibility index (Phi) is 6.84. The van der Waals surface area contributed by atoms with Crippen LogP contribution in [0, 0.1) is 24.2 Å². The van der Waals surface area contributed by atoms with Crippen molar-refractivity contribution >= 4 is 28.4 Å². The van der Waals surface area contributed by atoms with E-state index in [0.29, 0.717) is 0 Å². The molecule has 1 aromatic carbocycles. The third-order valence-corrected chi connectivity index (χ3v) is 7.24. The summed E-state index contributed by atoms with van der Waals surface area (Å²) in [6.07, 6.45) is 3.32. The number of thiophene rings is 1. The molecule has 31 heavy (non-hydrogen) atoms. The molecule has 6 heteroatoms. The van der Waals surface area contributed by atoms with Gasteiger partial charge < -0.3 is 20.4 Å². The lowest BCUT2D eigenvalue weighted by Gasteiger charge is -2.31. The first kappa shape index (κ1) is 21.7. The highest BCUT2D eigenvalue weighted by Crippen LogP contribution is 2.43. The molecule has 2 fully saturated rings. The van der Waals surface area contributed by atoms with Crippen molar-refractivity contribution in [2.24, 2.45) is 5.92 Å². The van der Waals surface area contributed by atoms with Crippen molar-refractivity contribution in [1.29, 1.82) is 5.26 Å². The number of aryl methyl sites for hydroxylation is 1. The first-order valence-electron chi connectivity index (χ1n) is 11.5. The minimum absolute atomic E-state index is 0.145. The summed E-state index contributed by atoms with van der Waals surface area (Å²) in [6.45, 7) is 12.2. The molecule has 4 heterocycles. The van der Waals surface area contributed by atoms with E-state index in [1.54, 1.807) is 0 Å². The number of piperazine rings is 1. The molecule has 0 aliphatic carbocycles. The minimum atomic E-state index is 0.145. The van der Waals surface area contributed by atoms with Crippen molar-refractivity contribution in [3.63, 3.8) is 0 Å². The van der Waals surface area contributed by atoms with Crippen molar-refractivity contribution in [2.45, 2.75) is 33.2 Å². The largest absolute Gasteiger partial charge is 0.373 e. The van der Waals surface area contributed by atoms with Crippen molar-refractivity contribution in [3.8, 4) is 6.07 Å². The third kappa shape index (κ3) is 4.58. The highest BCUT2D eigenvalue weighted by Gasteiger charge is 2.30. The van der Waals surface area contributed by atoms with E-state index in [1.165, 1.54) is 32.4 Å². The molecule has 164 valence electrons. The van der Waals surface area contributed by atoms with Gasteiger partial charge in [-0.1, -0.05) is 26.0 Å². The zero-order chi connectivity index (χ0) is 21.8. The molecule has 5 nitrogen and oxygen atoms in total. The standard InChI is InChI=1S/C23H27N5S.C2H6/c1-16-12-21-23(29-16)22(28-9-6-17(14-24)15-28)13-20(26-21)18-2-4-19(5-3-18)27-10-7-25-8-11-27;1-2/h2-5,12-13,17,20,25-26H,6-11,15H2,1H3;1-2H3. The lowest BCUT2D eigenvalue weighted by atomic mass is 10.0. The number of fused-ring (bicyclic) bond motifs is 1. The number of hydrogen-bond donors (Lipinski definition) is 2. The summed E-state index contributed by atoms with van der Waals surface area (Å²) in [4.78, 5) is 7.49. The summed E-state index contributed by atoms with van der Waals surface area (Å²) in [5, 5.41) is 16.5. The molecule has 2 atom stereocenters. The van der Waals surface area contributed by atoms with Crippen LogP contribution in [-0.2, 0) is 0 Å². The number of likely N-dealkylation sites (tertiary alicyclic amines) is 1. The van der Waals surface area contributed by atoms with Crippen LogP contribution in [-0.4, -0.2) is 44.2 Å². The molecule has 2 N–H and O–H groups in total. The van der Waals surface area contributed by atoms with Crippen LogP contribution >= 0.6 is 11.3 Å². The number of anilines is 2. The fraction of sp³-hybridized carbons (Fsp3) is 0.480. The quantitative estimate of drug-likeness (QED) is 0.722. The Morgan fingerprint density at radius 3 is 2.48 bits per heavy atom. The van der Waals surface area contributed by atoms with Gasteiger partial charge in [0.2, 0.25) is 0 Å². The van der Waals surface area contributed by atoms with Crippen molar-refractivity contribution in [1.82, 2.24) is 10.2 Å². The molecule has 1 aromatic heterocycles. The lowest BCUT2D eigenvalue weighted by molar-refractivity contribution is 0.480. The Morgan fingerprint density at radius 1 is 1.06 bits per heavy atom. The molecule has 0 spiro atoms. The van der Waals surface area contributed by atoms with Crippen LogP contribution in [0.15, 0.2) is 36.4 Å². The minimum Gasteiger partial charge on any atom is -0.373 e. The zero-order valence-corrected chi connectivity index (χ0v) is 19.6. The SMILES string of the molecule is CC.Cc1cc2c(s1)C(N1CCC(C#N)C1)=CC(c1ccc(N3CCNCC3)cc1)N2. The normalized spacial score (nSPS) is 22.6. The summed E-state index contributed by atoms with van der Waals surface area (Å²) in [5.74, 6) is 0.145. The molecule has 2 saturated heterocycles. The molecule has 0 radical (unpaired) electrons. The van der Waals surface area contributed by atoms with Gasteiger partial charge in [0.15, 0.2) is 0 Å². The average molecular weight is 436 g/mol. The third-order valence-electron chi connectivity index (χ3n) is 6.17. The summed E-state index contributed by atoms with van der Waals surface area (Å²) in [5.41, 5.74) is 5.11. The highest BCUT2D eigenvalue weighted by atomic mass is 32.1. The van der Waals surface area contributed by atoms with Crippen LogP contribution in [0.3, 0.4) is 0 Å². The number of hydrogen-bond acceptors (Lipinski definition) is 6. The first-order valence-corrected chi connectivity index (χ1v) is 12.3. The van der Waals surface area contributed by atoms with Crippen LogP contribution in [0.1, 0.15) is 41.6 Å². The van der Waals surface area contributed by atoms with Gasteiger partial charge in [0.25, 0.3) is 0 Å². The Bertz CT molecular complexity index is 949. The summed E-state index contributed by atoms with van der Waals surface area (Å²) in [7, 11) is 0. The van der Waals surface area contributed by atoms with E-state index in [1.807, 2.05) is 25.2 Å². The number of nitrogens with zero attached hydrogens (tertiary/aromatic N) is 3. The molecule has 2 unspecified atom stereocenters. The molecule has 3 aliphatic heterocycles. The van der Waals surface area contributed by atoms with Crippen LogP contribution in [0.25, 0.3) is 5.70 Å². The fourth-order valence-electron chi connectivity index (χ4n) is 4.58. The van der Waals surface area contributed by atoms with Crippen molar-refractivity contribution in [3.05, 3.63) is 51.7 Å². The van der Waals surface area contributed by atoms with Gasteiger partial charge in [0.05, 0.1) is 34.3 Å². The number of nitrogens with one attached hydrogen (secondary N) is 2. The van der Waals surface area contributed by atoms with Gasteiger partial charge in [-0.25, -0.2) is 0 Å². The van der Waals surface area contributed by atoms with Crippen molar-refractivity contribution in [2.75, 3.05) is 49.5 Å². The van der Waals surface area contributed by atoms with Gasteiger partial charge in [0.1, 0.15) is 0 Å². The van der Waals surface area contributed by atoms with Gasteiger partial charge in [0, 0.05) is 49.8 Å². The van der Waals surface area contributed by atoms with Gasteiger partial charge in [-0.3, -0.25) is 0 Å². The maximum atomic E-state index is 9.33. The summed E-state index contributed by atoms with van der Waals surface area (Å²) >= 11 is 1.84. The van der Waals surface area contributed by atoms with E-state index in [2.05, 4.69) is 69.8 Å². The predicted octanol–water partition coefficient (Wildman–Crippen LogP) is 4.85. The van der Waals surface area contributed by atoms with Gasteiger partial charge >= 0.3 is 0 Å². The molecule has 3 aliphatic rings. The second kappa shape index (κ2) is 9.76. The first-order chi connectivity index (χ1) is 15.2. The second-order valence-corrected chi connectivity index (χ2v) is 9.42. The smallest absolute Gasteiger partial charge is 0.0736 e. The highest BCUT2D eigenvalue weighted by molar-refractivity contribution is 7.13. The Balaban J connectivity index is 0.00000112. The van der Waals surface area contributed by atoms with Gasteiger partial charge in [-0.2, -0.15) is 5.26 Å². The summed E-state index contributed by atoms with van der Waals surface area (Å²) < 4.78 is 0. The number of rotatable bonds is 3. The van der Waals surface area contributed by atoms with E-state index >= 15 is 0 Å². The zero-order valence-electron chi connectivity index (χ0n) is 18.8. The van der Waals surface area contributed by atoms with Gasteiger partial charge in [-0.05, 0) is 43.2 Å². The summed E-state index contributed by atoms with van der Waals surface area (Å²) in [6, 6.07) is 13.9. The number of benzene rings is 1.